The maximum absolute atomic E-state index is 13.0. The van der Waals surface area contributed by atoms with Crippen molar-refractivity contribution in [3.8, 4) is 11.5 Å². The molecule has 0 fully saturated rings. The van der Waals surface area contributed by atoms with E-state index in [0.29, 0.717) is 30.7 Å². The molecule has 182 valence electrons. The van der Waals surface area contributed by atoms with Gasteiger partial charge in [-0.25, -0.2) is 0 Å². The third-order valence-electron chi connectivity index (χ3n) is 4.53. The molecule has 0 saturated carbocycles. The molecule has 0 aliphatic rings. The van der Waals surface area contributed by atoms with Gasteiger partial charge in [0.25, 0.3) is 5.60 Å². The number of carbonyl (C=O) groups is 1. The SMILES string of the molecule is O=C([O-])CCc1ccc(OCCCOc2ccc(C(O)(C(F)(F)F)C(F)(F)F)cc2Cl)cc1. The van der Waals surface area contributed by atoms with Crippen LogP contribution in [0, 0.1) is 0 Å². The summed E-state index contributed by atoms with van der Waals surface area (Å²) in [7, 11) is 0. The monoisotopic (exact) mass is 499 g/mol. The van der Waals surface area contributed by atoms with E-state index in [9.17, 15) is 41.4 Å². The van der Waals surface area contributed by atoms with E-state index in [0.717, 1.165) is 11.6 Å². The second-order valence-electron chi connectivity index (χ2n) is 6.92. The molecule has 0 amide bonds. The number of carboxylic acids is 1. The van der Waals surface area contributed by atoms with Crippen molar-refractivity contribution < 1.29 is 50.8 Å². The number of alkyl halides is 6. The number of rotatable bonds is 10. The van der Waals surface area contributed by atoms with Crippen molar-refractivity contribution in [3.63, 3.8) is 0 Å². The van der Waals surface area contributed by atoms with Gasteiger partial charge in [-0.05, 0) is 42.7 Å². The van der Waals surface area contributed by atoms with E-state index in [4.69, 9.17) is 21.1 Å². The molecule has 0 unspecified atom stereocenters. The lowest BCUT2D eigenvalue weighted by Crippen LogP contribution is -2.53. The smallest absolute Gasteiger partial charge is 0.430 e. The fourth-order valence-electron chi connectivity index (χ4n) is 2.76. The van der Waals surface area contributed by atoms with Crippen LogP contribution in [-0.2, 0) is 16.8 Å². The molecule has 5 nitrogen and oxygen atoms in total. The second kappa shape index (κ2) is 10.5. The highest BCUT2D eigenvalue weighted by Crippen LogP contribution is 2.50. The van der Waals surface area contributed by atoms with Crippen molar-refractivity contribution in [2.45, 2.75) is 37.2 Å². The van der Waals surface area contributed by atoms with Crippen LogP contribution in [0.3, 0.4) is 0 Å². The summed E-state index contributed by atoms with van der Waals surface area (Å²) in [5, 5.41) is 19.3. The Kier molecular flexibility index (Phi) is 8.47. The van der Waals surface area contributed by atoms with Crippen molar-refractivity contribution in [3.05, 3.63) is 58.6 Å². The van der Waals surface area contributed by atoms with Gasteiger partial charge in [0.1, 0.15) is 11.5 Å². The normalized spacial score (nSPS) is 12.5. The van der Waals surface area contributed by atoms with Crippen molar-refractivity contribution in [2.75, 3.05) is 13.2 Å². The third-order valence-corrected chi connectivity index (χ3v) is 4.82. The Labute approximate surface area is 189 Å². The summed E-state index contributed by atoms with van der Waals surface area (Å²) in [6.07, 6.45) is -11.5. The first-order valence-electron chi connectivity index (χ1n) is 9.46. The van der Waals surface area contributed by atoms with Gasteiger partial charge >= 0.3 is 12.4 Å². The quantitative estimate of drug-likeness (QED) is 0.392. The van der Waals surface area contributed by atoms with Gasteiger partial charge in [-0.2, -0.15) is 26.3 Å². The van der Waals surface area contributed by atoms with Crippen LogP contribution >= 0.6 is 11.6 Å². The fraction of sp³-hybridized carbons (Fsp3) is 0.381. The fourth-order valence-corrected chi connectivity index (χ4v) is 3.00. The lowest BCUT2D eigenvalue weighted by atomic mass is 9.92. The molecule has 33 heavy (non-hydrogen) atoms. The molecule has 0 aliphatic carbocycles. The van der Waals surface area contributed by atoms with Crippen molar-refractivity contribution >= 4 is 17.6 Å². The first-order chi connectivity index (χ1) is 15.3. The lowest BCUT2D eigenvalue weighted by molar-refractivity contribution is -0.376. The summed E-state index contributed by atoms with van der Waals surface area (Å²) in [4.78, 5) is 10.4. The molecule has 2 rings (SSSR count). The van der Waals surface area contributed by atoms with E-state index in [-0.39, 0.29) is 25.4 Å². The molecule has 0 heterocycles. The van der Waals surface area contributed by atoms with Gasteiger partial charge in [0, 0.05) is 18.0 Å². The zero-order chi connectivity index (χ0) is 24.9. The Hall–Kier alpha value is -2.66. The highest BCUT2D eigenvalue weighted by molar-refractivity contribution is 6.32. The highest BCUT2D eigenvalue weighted by atomic mass is 35.5. The van der Waals surface area contributed by atoms with Crippen LogP contribution in [-0.4, -0.2) is 36.6 Å². The number of carbonyl (C=O) groups excluding carboxylic acids is 1. The molecule has 0 atom stereocenters. The van der Waals surface area contributed by atoms with Crippen LogP contribution in [0.25, 0.3) is 0 Å². The zero-order valence-corrected chi connectivity index (χ0v) is 17.6. The van der Waals surface area contributed by atoms with Gasteiger partial charge < -0.3 is 24.5 Å². The number of hydrogen-bond acceptors (Lipinski definition) is 5. The van der Waals surface area contributed by atoms with Gasteiger partial charge in [0.05, 0.1) is 18.2 Å². The predicted octanol–water partition coefficient (Wildman–Crippen LogP) is 4.18. The van der Waals surface area contributed by atoms with Gasteiger partial charge in [0.2, 0.25) is 0 Å². The topological polar surface area (TPSA) is 78.8 Å². The van der Waals surface area contributed by atoms with Crippen LogP contribution < -0.4 is 14.6 Å². The zero-order valence-electron chi connectivity index (χ0n) is 16.8. The first-order valence-corrected chi connectivity index (χ1v) is 9.83. The van der Waals surface area contributed by atoms with Crippen LogP contribution in [0.1, 0.15) is 24.0 Å². The van der Waals surface area contributed by atoms with Gasteiger partial charge in [0.15, 0.2) is 0 Å². The van der Waals surface area contributed by atoms with E-state index >= 15 is 0 Å². The number of aliphatic carboxylic acids is 1. The lowest BCUT2D eigenvalue weighted by Gasteiger charge is -2.32. The van der Waals surface area contributed by atoms with E-state index < -0.39 is 34.5 Å². The van der Waals surface area contributed by atoms with E-state index in [2.05, 4.69) is 0 Å². The number of ether oxygens (including phenoxy) is 2. The number of halogens is 7. The number of hydrogen-bond donors (Lipinski definition) is 1. The Bertz CT molecular complexity index is 930. The second-order valence-corrected chi connectivity index (χ2v) is 7.32. The maximum Gasteiger partial charge on any atom is 0.430 e. The molecule has 0 bridgehead atoms. The van der Waals surface area contributed by atoms with Crippen molar-refractivity contribution in [1.29, 1.82) is 0 Å². The summed E-state index contributed by atoms with van der Waals surface area (Å²) in [6.45, 7) is 0.168. The van der Waals surface area contributed by atoms with Gasteiger partial charge in [-0.15, -0.1) is 0 Å². The summed E-state index contributed by atoms with van der Waals surface area (Å²) < 4.78 is 88.5. The molecule has 0 radical (unpaired) electrons. The van der Waals surface area contributed by atoms with Crippen LogP contribution in [0.2, 0.25) is 5.02 Å². The van der Waals surface area contributed by atoms with E-state index in [1.807, 2.05) is 0 Å². The molecule has 2 aromatic carbocycles. The molecule has 0 saturated heterocycles. The molecule has 12 heteroatoms. The summed E-state index contributed by atoms with van der Waals surface area (Å²) in [6, 6.07) is 8.29. The van der Waals surface area contributed by atoms with Crippen molar-refractivity contribution in [2.24, 2.45) is 0 Å². The molecule has 1 N–H and O–H groups in total. The maximum atomic E-state index is 13.0. The number of aryl methyl sites for hydroxylation is 1. The summed E-state index contributed by atoms with van der Waals surface area (Å²) in [5.74, 6) is -0.806. The number of benzene rings is 2. The molecule has 0 aliphatic heterocycles. The average Bonchev–Trinajstić information content (AvgIpc) is 2.71. The third kappa shape index (κ3) is 6.67. The molecular weight excluding hydrogens is 482 g/mol. The first kappa shape index (κ1) is 26.6. The molecular formula is C21H18ClF6O5-. The Morgan fingerprint density at radius 1 is 0.939 bits per heavy atom. The van der Waals surface area contributed by atoms with Crippen LogP contribution in [0.4, 0.5) is 26.3 Å². The minimum Gasteiger partial charge on any atom is -0.550 e. The highest BCUT2D eigenvalue weighted by Gasteiger charge is 2.71. The Balaban J connectivity index is 1.89. The standard InChI is InChI=1S/C21H19ClF6O5/c22-16-12-14(19(31,20(23,24)25)21(26,27)28)5-8-17(16)33-11-1-10-32-15-6-2-13(3-7-15)4-9-18(29)30/h2-3,5-8,12,31H,1,4,9-11H2,(H,29,30)/p-1. The minimum absolute atomic E-state index is 0.00836. The average molecular weight is 500 g/mol. The number of carboxylic acid groups (broad SMARTS) is 1. The molecule has 0 aromatic heterocycles. The van der Waals surface area contributed by atoms with Crippen LogP contribution in [0.5, 0.6) is 11.5 Å². The van der Waals surface area contributed by atoms with Crippen molar-refractivity contribution in [1.82, 2.24) is 0 Å². The van der Waals surface area contributed by atoms with Crippen LogP contribution in [0.15, 0.2) is 42.5 Å². The molecule has 0 spiro atoms. The van der Waals surface area contributed by atoms with Gasteiger partial charge in [-0.3, -0.25) is 0 Å². The van der Waals surface area contributed by atoms with E-state index in [1.54, 1.807) is 24.3 Å². The summed E-state index contributed by atoms with van der Waals surface area (Å²) in [5.41, 5.74) is -5.77. The van der Waals surface area contributed by atoms with E-state index in [1.165, 1.54) is 0 Å². The van der Waals surface area contributed by atoms with Gasteiger partial charge in [-0.1, -0.05) is 29.8 Å². The molecule has 2 aromatic rings. The largest absolute Gasteiger partial charge is 0.550 e. The minimum atomic E-state index is -6.01. The number of aliphatic hydroxyl groups is 1. The Morgan fingerprint density at radius 3 is 2.03 bits per heavy atom. The summed E-state index contributed by atoms with van der Waals surface area (Å²) >= 11 is 5.76. The Morgan fingerprint density at radius 2 is 1.52 bits per heavy atom. The predicted molar refractivity (Wildman–Crippen MR) is 103 cm³/mol.